The maximum atomic E-state index is 10.7. The van der Waals surface area contributed by atoms with Gasteiger partial charge in [-0.25, -0.2) is 4.79 Å². The highest BCUT2D eigenvalue weighted by Crippen LogP contribution is 2.35. The van der Waals surface area contributed by atoms with E-state index in [1.807, 2.05) is 0 Å². The minimum atomic E-state index is -1.19. The van der Waals surface area contributed by atoms with Gasteiger partial charge in [-0.15, -0.1) is 0 Å². The fourth-order valence-electron chi connectivity index (χ4n) is 1.44. The lowest BCUT2D eigenvalue weighted by Crippen LogP contribution is -2.10. The molecule has 1 aliphatic heterocycles. The highest BCUT2D eigenvalue weighted by molar-refractivity contribution is 5.91. The molecule has 5 heteroatoms. The number of hydrogen-bond donors (Lipinski definition) is 3. The third-order valence-corrected chi connectivity index (χ3v) is 2.18. The lowest BCUT2D eigenvalue weighted by Gasteiger charge is -2.04. The second-order valence-corrected chi connectivity index (χ2v) is 3.13. The van der Waals surface area contributed by atoms with Gasteiger partial charge in [0, 0.05) is 5.56 Å². The minimum Gasteiger partial charge on any atom is -0.507 e. The Kier molecular flexibility index (Phi) is 1.82. The number of hydrogen-bond acceptors (Lipinski definition) is 4. The minimum absolute atomic E-state index is 0.169. The SMILES string of the molecule is NC1COc2cc(C(=O)O)c(O)cc21. The predicted molar refractivity (Wildman–Crippen MR) is 47.5 cm³/mol. The standard InChI is InChI=1S/C9H9NO4/c10-6-3-14-8-2-5(9(12)13)7(11)1-4(6)8/h1-2,6,11H,3,10H2,(H,12,13). The first kappa shape index (κ1) is 8.83. The van der Waals surface area contributed by atoms with Gasteiger partial charge in [0.05, 0.1) is 6.04 Å². The summed E-state index contributed by atoms with van der Waals surface area (Å²) in [5.41, 5.74) is 6.14. The van der Waals surface area contributed by atoms with Crippen molar-refractivity contribution in [3.63, 3.8) is 0 Å². The Morgan fingerprint density at radius 1 is 1.57 bits per heavy atom. The van der Waals surface area contributed by atoms with Crippen molar-refractivity contribution in [2.75, 3.05) is 6.61 Å². The van der Waals surface area contributed by atoms with E-state index in [2.05, 4.69) is 0 Å². The molecule has 0 saturated heterocycles. The molecule has 4 N–H and O–H groups in total. The maximum Gasteiger partial charge on any atom is 0.339 e. The summed E-state index contributed by atoms with van der Waals surface area (Å²) >= 11 is 0. The molecule has 74 valence electrons. The Morgan fingerprint density at radius 3 is 2.93 bits per heavy atom. The van der Waals surface area contributed by atoms with Crippen LogP contribution in [0, 0.1) is 0 Å². The number of carboxylic acid groups (broad SMARTS) is 1. The van der Waals surface area contributed by atoms with Gasteiger partial charge in [-0.2, -0.15) is 0 Å². The number of phenols is 1. The number of ether oxygens (including phenoxy) is 1. The van der Waals surface area contributed by atoms with Crippen LogP contribution >= 0.6 is 0 Å². The Balaban J connectivity index is 2.55. The van der Waals surface area contributed by atoms with Crippen LogP contribution < -0.4 is 10.5 Å². The number of benzene rings is 1. The van der Waals surface area contributed by atoms with Crippen LogP contribution in [0.4, 0.5) is 0 Å². The smallest absolute Gasteiger partial charge is 0.339 e. The summed E-state index contributed by atoms with van der Waals surface area (Å²) in [6.45, 7) is 0.317. The molecule has 0 amide bonds. The predicted octanol–water partition coefficient (Wildman–Crippen LogP) is 0.483. The Morgan fingerprint density at radius 2 is 2.29 bits per heavy atom. The second kappa shape index (κ2) is 2.88. The summed E-state index contributed by atoms with van der Waals surface area (Å²) in [6, 6.07) is 2.34. The van der Waals surface area contributed by atoms with Crippen LogP contribution in [0.1, 0.15) is 22.0 Å². The summed E-state index contributed by atoms with van der Waals surface area (Å²) in [7, 11) is 0. The Labute approximate surface area is 79.7 Å². The summed E-state index contributed by atoms with van der Waals surface area (Å²) in [5, 5.41) is 18.1. The number of carbonyl (C=O) groups is 1. The van der Waals surface area contributed by atoms with Crippen molar-refractivity contribution in [3.05, 3.63) is 23.3 Å². The number of carboxylic acids is 1. The molecule has 0 aliphatic carbocycles. The summed E-state index contributed by atoms with van der Waals surface area (Å²) in [4.78, 5) is 10.7. The van der Waals surface area contributed by atoms with Crippen molar-refractivity contribution < 1.29 is 19.7 Å². The van der Waals surface area contributed by atoms with E-state index in [-0.39, 0.29) is 17.4 Å². The average Bonchev–Trinajstić information content (AvgIpc) is 2.46. The molecule has 0 spiro atoms. The van der Waals surface area contributed by atoms with Gasteiger partial charge in [0.2, 0.25) is 0 Å². The van der Waals surface area contributed by atoms with Crippen LogP contribution in [0.25, 0.3) is 0 Å². The van der Waals surface area contributed by atoms with E-state index in [9.17, 15) is 9.90 Å². The highest BCUT2D eigenvalue weighted by Gasteiger charge is 2.24. The molecule has 0 bridgehead atoms. The van der Waals surface area contributed by atoms with Crippen molar-refractivity contribution >= 4 is 5.97 Å². The molecular weight excluding hydrogens is 186 g/mol. The van der Waals surface area contributed by atoms with E-state index < -0.39 is 5.97 Å². The number of fused-ring (bicyclic) bond motifs is 1. The van der Waals surface area contributed by atoms with Gasteiger partial charge in [-0.05, 0) is 12.1 Å². The van der Waals surface area contributed by atoms with Crippen LogP contribution in [0.3, 0.4) is 0 Å². The summed E-state index contributed by atoms with van der Waals surface area (Å²) in [5.74, 6) is -1.03. The largest absolute Gasteiger partial charge is 0.507 e. The van der Waals surface area contributed by atoms with Crippen molar-refractivity contribution in [1.82, 2.24) is 0 Å². The van der Waals surface area contributed by atoms with Crippen LogP contribution in [0.2, 0.25) is 0 Å². The molecule has 1 aromatic rings. The molecule has 0 saturated carbocycles. The Bertz CT molecular complexity index is 402. The molecule has 5 nitrogen and oxygen atoms in total. The van der Waals surface area contributed by atoms with Crippen molar-refractivity contribution in [3.8, 4) is 11.5 Å². The molecular formula is C9H9NO4. The molecule has 14 heavy (non-hydrogen) atoms. The van der Waals surface area contributed by atoms with Gasteiger partial charge in [0.1, 0.15) is 23.7 Å². The monoisotopic (exact) mass is 195 g/mol. The zero-order valence-corrected chi connectivity index (χ0v) is 7.23. The lowest BCUT2D eigenvalue weighted by atomic mass is 10.1. The van der Waals surface area contributed by atoms with Crippen molar-refractivity contribution in [2.45, 2.75) is 6.04 Å². The molecule has 1 heterocycles. The van der Waals surface area contributed by atoms with Gasteiger partial charge in [-0.3, -0.25) is 0 Å². The first-order valence-electron chi connectivity index (χ1n) is 4.08. The zero-order valence-electron chi connectivity index (χ0n) is 7.23. The van der Waals surface area contributed by atoms with Crippen LogP contribution in [0.5, 0.6) is 11.5 Å². The van der Waals surface area contributed by atoms with E-state index in [4.69, 9.17) is 15.6 Å². The first-order valence-corrected chi connectivity index (χ1v) is 4.08. The molecule has 0 radical (unpaired) electrons. The zero-order chi connectivity index (χ0) is 10.3. The highest BCUT2D eigenvalue weighted by atomic mass is 16.5. The van der Waals surface area contributed by atoms with E-state index in [1.165, 1.54) is 12.1 Å². The van der Waals surface area contributed by atoms with Crippen molar-refractivity contribution in [2.24, 2.45) is 5.73 Å². The van der Waals surface area contributed by atoms with Gasteiger partial charge >= 0.3 is 5.97 Å². The molecule has 1 aliphatic rings. The van der Waals surface area contributed by atoms with Crippen LogP contribution in [-0.4, -0.2) is 22.8 Å². The topological polar surface area (TPSA) is 92.8 Å². The third kappa shape index (κ3) is 1.18. The second-order valence-electron chi connectivity index (χ2n) is 3.13. The molecule has 1 atom stereocenters. The quantitative estimate of drug-likeness (QED) is 0.606. The Hall–Kier alpha value is -1.75. The van der Waals surface area contributed by atoms with Crippen LogP contribution in [0.15, 0.2) is 12.1 Å². The lowest BCUT2D eigenvalue weighted by molar-refractivity contribution is 0.0693. The summed E-state index contributed by atoms with van der Waals surface area (Å²) < 4.78 is 5.16. The van der Waals surface area contributed by atoms with Crippen LogP contribution in [-0.2, 0) is 0 Å². The van der Waals surface area contributed by atoms with E-state index in [1.54, 1.807) is 0 Å². The molecule has 0 fully saturated rings. The molecule has 2 rings (SSSR count). The maximum absolute atomic E-state index is 10.7. The molecule has 0 aromatic heterocycles. The van der Waals surface area contributed by atoms with E-state index in [0.29, 0.717) is 17.9 Å². The fourth-order valence-corrected chi connectivity index (χ4v) is 1.44. The van der Waals surface area contributed by atoms with Gasteiger partial charge in [-0.1, -0.05) is 0 Å². The third-order valence-electron chi connectivity index (χ3n) is 2.18. The number of rotatable bonds is 1. The van der Waals surface area contributed by atoms with E-state index >= 15 is 0 Å². The summed E-state index contributed by atoms with van der Waals surface area (Å²) in [6.07, 6.45) is 0. The van der Waals surface area contributed by atoms with Gasteiger partial charge in [0.15, 0.2) is 0 Å². The first-order chi connectivity index (χ1) is 6.59. The molecule has 1 aromatic carbocycles. The number of aromatic hydroxyl groups is 1. The molecule has 1 unspecified atom stereocenters. The normalized spacial score (nSPS) is 18.8. The van der Waals surface area contributed by atoms with Crippen molar-refractivity contribution in [1.29, 1.82) is 0 Å². The average molecular weight is 195 g/mol. The fraction of sp³-hybridized carbons (Fsp3) is 0.222. The van der Waals surface area contributed by atoms with Gasteiger partial charge in [0.25, 0.3) is 0 Å². The number of aromatic carboxylic acids is 1. The number of nitrogens with two attached hydrogens (primary N) is 1. The van der Waals surface area contributed by atoms with Gasteiger partial charge < -0.3 is 20.7 Å². The van der Waals surface area contributed by atoms with E-state index in [0.717, 1.165) is 0 Å².